The zero-order valence-electron chi connectivity index (χ0n) is 16.3. The minimum atomic E-state index is -0.986. The van der Waals surface area contributed by atoms with E-state index in [1.54, 1.807) is 6.07 Å². The van der Waals surface area contributed by atoms with Crippen LogP contribution in [0.5, 0.6) is 0 Å². The van der Waals surface area contributed by atoms with Gasteiger partial charge in [-0.05, 0) is 55.7 Å². The van der Waals surface area contributed by atoms with E-state index < -0.39 is 5.97 Å². The summed E-state index contributed by atoms with van der Waals surface area (Å²) in [5, 5.41) is 15.8. The molecule has 0 radical (unpaired) electrons. The second-order valence-corrected chi connectivity index (χ2v) is 8.78. The number of hydrogen-bond acceptors (Lipinski definition) is 4. The molecule has 0 amide bonds. The quantitative estimate of drug-likeness (QED) is 0.724. The van der Waals surface area contributed by atoms with Crippen molar-refractivity contribution in [2.75, 3.05) is 18.0 Å². The second kappa shape index (κ2) is 6.31. The Bertz CT molecular complexity index is 1100. The summed E-state index contributed by atoms with van der Waals surface area (Å²) in [6.07, 6.45) is 6.03. The van der Waals surface area contributed by atoms with E-state index >= 15 is 0 Å². The topological polar surface area (TPSA) is 71.2 Å². The van der Waals surface area contributed by atoms with Crippen molar-refractivity contribution in [3.8, 4) is 5.69 Å². The van der Waals surface area contributed by atoms with Crippen LogP contribution < -0.4 is 4.90 Å². The molecular weight excluding hydrogens is 364 g/mol. The first-order chi connectivity index (χ1) is 14.2. The van der Waals surface area contributed by atoms with Crippen molar-refractivity contribution < 1.29 is 9.90 Å². The summed E-state index contributed by atoms with van der Waals surface area (Å²) in [4.78, 5) is 18.9. The average molecular weight is 388 g/mol. The number of para-hydroxylation sites is 1. The maximum absolute atomic E-state index is 11.9. The lowest BCUT2D eigenvalue weighted by molar-refractivity contribution is 0.0691. The van der Waals surface area contributed by atoms with Gasteiger partial charge in [-0.25, -0.2) is 14.5 Å². The van der Waals surface area contributed by atoms with Crippen LogP contribution in [0.25, 0.3) is 16.7 Å². The van der Waals surface area contributed by atoms with Crippen LogP contribution in [-0.2, 0) is 0 Å². The molecular formula is C23H24N4O2. The molecule has 2 unspecified atom stereocenters. The maximum atomic E-state index is 11.9. The third-order valence-corrected chi connectivity index (χ3v) is 6.99. The van der Waals surface area contributed by atoms with Crippen molar-refractivity contribution >= 4 is 22.7 Å². The van der Waals surface area contributed by atoms with Crippen molar-refractivity contribution in [2.24, 2.45) is 11.8 Å². The van der Waals surface area contributed by atoms with Crippen molar-refractivity contribution in [3.05, 3.63) is 47.8 Å². The van der Waals surface area contributed by atoms with Crippen LogP contribution >= 0.6 is 0 Å². The van der Waals surface area contributed by atoms with Gasteiger partial charge in [0.2, 0.25) is 0 Å². The van der Waals surface area contributed by atoms with Gasteiger partial charge in [-0.15, -0.1) is 0 Å². The highest BCUT2D eigenvalue weighted by molar-refractivity contribution is 5.98. The lowest BCUT2D eigenvalue weighted by atomic mass is 9.82. The number of fused-ring (bicyclic) bond motifs is 2. The van der Waals surface area contributed by atoms with Crippen molar-refractivity contribution in [2.45, 2.75) is 38.0 Å². The van der Waals surface area contributed by atoms with Gasteiger partial charge < -0.3 is 10.0 Å². The molecule has 3 aromatic rings. The molecule has 0 spiro atoms. The van der Waals surface area contributed by atoms with Gasteiger partial charge in [-0.3, -0.25) is 0 Å². The smallest absolute Gasteiger partial charge is 0.354 e. The summed E-state index contributed by atoms with van der Waals surface area (Å²) in [7, 11) is 0. The molecule has 1 saturated heterocycles. The molecule has 3 fully saturated rings. The minimum Gasteiger partial charge on any atom is -0.477 e. The Balaban J connectivity index is 1.60. The van der Waals surface area contributed by atoms with Crippen LogP contribution in [0.1, 0.15) is 54.2 Å². The summed E-state index contributed by atoms with van der Waals surface area (Å²) in [5.74, 6) is 1.09. The molecule has 1 aromatic carbocycles. The second-order valence-electron chi connectivity index (χ2n) is 8.78. The molecule has 6 heteroatoms. The van der Waals surface area contributed by atoms with Crippen LogP contribution in [0.15, 0.2) is 36.4 Å². The number of nitrogens with zero attached hydrogens (tertiary/aromatic N) is 4. The van der Waals surface area contributed by atoms with Gasteiger partial charge in [-0.1, -0.05) is 24.6 Å². The van der Waals surface area contributed by atoms with Gasteiger partial charge in [0.1, 0.15) is 0 Å². The number of pyridine rings is 1. The summed E-state index contributed by atoms with van der Waals surface area (Å²) >= 11 is 0. The normalized spacial score (nSPS) is 23.7. The van der Waals surface area contributed by atoms with Crippen LogP contribution in [0.3, 0.4) is 0 Å². The predicted molar refractivity (Wildman–Crippen MR) is 111 cm³/mol. The maximum Gasteiger partial charge on any atom is 0.354 e. The first-order valence-corrected chi connectivity index (χ1v) is 10.7. The number of piperidine rings is 1. The Labute approximate surface area is 169 Å². The van der Waals surface area contributed by atoms with Crippen LogP contribution in [0, 0.1) is 11.8 Å². The number of carboxylic acid groups (broad SMARTS) is 1. The first-order valence-electron chi connectivity index (χ1n) is 10.7. The highest BCUT2D eigenvalue weighted by atomic mass is 16.4. The fraction of sp³-hybridized carbons (Fsp3) is 0.435. The minimum absolute atomic E-state index is 0.0997. The largest absolute Gasteiger partial charge is 0.477 e. The molecule has 3 heterocycles. The van der Waals surface area contributed by atoms with E-state index in [1.165, 1.54) is 19.3 Å². The standard InChI is InChI=1S/C23H24N4O2/c28-23(29)18-12-19(26-10-9-15-11-16(15)13-26)20-21(14-5-4-6-14)25-27(22(20)24-18)17-7-2-1-3-8-17/h1-3,7-8,12,14-16H,4-6,9-11,13H2,(H,28,29). The molecule has 6 rings (SSSR count). The number of carbonyl (C=O) groups is 1. The van der Waals surface area contributed by atoms with E-state index in [0.717, 1.165) is 60.2 Å². The molecule has 2 aliphatic carbocycles. The number of aromatic carboxylic acids is 1. The van der Waals surface area contributed by atoms with Gasteiger partial charge >= 0.3 is 5.97 Å². The summed E-state index contributed by atoms with van der Waals surface area (Å²) < 4.78 is 1.85. The molecule has 148 valence electrons. The fourth-order valence-electron chi connectivity index (χ4n) is 5.00. The Morgan fingerprint density at radius 3 is 2.62 bits per heavy atom. The summed E-state index contributed by atoms with van der Waals surface area (Å²) in [6.45, 7) is 2.00. The van der Waals surface area contributed by atoms with Crippen LogP contribution in [0.4, 0.5) is 5.69 Å². The van der Waals surface area contributed by atoms with Crippen LogP contribution in [0.2, 0.25) is 0 Å². The van der Waals surface area contributed by atoms with E-state index in [4.69, 9.17) is 5.10 Å². The van der Waals surface area contributed by atoms with E-state index in [2.05, 4.69) is 9.88 Å². The third kappa shape index (κ3) is 2.73. The van der Waals surface area contributed by atoms with Crippen molar-refractivity contribution in [1.29, 1.82) is 0 Å². The SMILES string of the molecule is O=C(O)c1cc(N2CCC3CC3C2)c2c(C3CCC3)nn(-c3ccccc3)c2n1. The van der Waals surface area contributed by atoms with E-state index in [-0.39, 0.29) is 5.69 Å². The molecule has 3 aliphatic rings. The third-order valence-electron chi connectivity index (χ3n) is 6.99. The highest BCUT2D eigenvalue weighted by Gasteiger charge is 2.42. The summed E-state index contributed by atoms with van der Waals surface area (Å²) in [5.41, 5.74) is 3.80. The molecule has 1 aliphatic heterocycles. The Hall–Kier alpha value is -2.89. The van der Waals surface area contributed by atoms with Gasteiger partial charge in [0.05, 0.1) is 22.5 Å². The molecule has 6 nitrogen and oxygen atoms in total. The monoisotopic (exact) mass is 388 g/mol. The van der Waals surface area contributed by atoms with Crippen molar-refractivity contribution in [1.82, 2.24) is 14.8 Å². The average Bonchev–Trinajstić information content (AvgIpc) is 3.39. The number of aromatic nitrogens is 3. The molecule has 2 atom stereocenters. The lowest BCUT2D eigenvalue weighted by Crippen LogP contribution is -2.31. The number of hydrogen-bond donors (Lipinski definition) is 1. The zero-order chi connectivity index (χ0) is 19.5. The Morgan fingerprint density at radius 1 is 1.10 bits per heavy atom. The Kier molecular flexibility index (Phi) is 3.70. The molecule has 0 bridgehead atoms. The number of carboxylic acids is 1. The molecule has 29 heavy (non-hydrogen) atoms. The number of benzene rings is 1. The van der Waals surface area contributed by atoms with Gasteiger partial charge in [0.15, 0.2) is 11.3 Å². The predicted octanol–water partition coefficient (Wildman–Crippen LogP) is 4.23. The van der Waals surface area contributed by atoms with Crippen molar-refractivity contribution in [3.63, 3.8) is 0 Å². The first kappa shape index (κ1) is 17.0. The van der Waals surface area contributed by atoms with Gasteiger partial charge in [-0.2, -0.15) is 5.10 Å². The van der Waals surface area contributed by atoms with E-state index in [1.807, 2.05) is 35.0 Å². The van der Waals surface area contributed by atoms with E-state index in [0.29, 0.717) is 11.6 Å². The number of rotatable bonds is 4. The zero-order valence-corrected chi connectivity index (χ0v) is 16.3. The highest BCUT2D eigenvalue weighted by Crippen LogP contribution is 2.48. The molecule has 2 aromatic heterocycles. The lowest BCUT2D eigenvalue weighted by Gasteiger charge is -2.30. The molecule has 2 saturated carbocycles. The fourth-order valence-corrected chi connectivity index (χ4v) is 5.00. The summed E-state index contributed by atoms with van der Waals surface area (Å²) in [6, 6.07) is 11.7. The van der Waals surface area contributed by atoms with E-state index in [9.17, 15) is 9.90 Å². The van der Waals surface area contributed by atoms with Gasteiger partial charge in [0.25, 0.3) is 0 Å². The molecule has 1 N–H and O–H groups in total. The number of anilines is 1. The van der Waals surface area contributed by atoms with Gasteiger partial charge in [0, 0.05) is 19.0 Å². The Morgan fingerprint density at radius 2 is 1.93 bits per heavy atom. The van der Waals surface area contributed by atoms with Crippen LogP contribution in [-0.4, -0.2) is 38.9 Å².